The maximum atomic E-state index is 13.9. The first kappa shape index (κ1) is 52.6. The molecule has 1 saturated heterocycles. The number of ether oxygens (including phenoxy) is 4. The van der Waals surface area contributed by atoms with Gasteiger partial charge >= 0.3 is 6.18 Å². The Morgan fingerprint density at radius 3 is 2.15 bits per heavy atom. The Labute approximate surface area is 412 Å². The van der Waals surface area contributed by atoms with Crippen LogP contribution in [-0.4, -0.2) is 137 Å². The highest BCUT2D eigenvalue weighted by atomic mass is 32.1. The number of hydrogen-bond acceptors (Lipinski definition) is 12. The maximum Gasteiger partial charge on any atom is 0.416 e. The van der Waals surface area contributed by atoms with Crippen LogP contribution in [0.5, 0.6) is 0 Å². The smallest absolute Gasteiger partial charge is 0.391 e. The number of amides is 4. The van der Waals surface area contributed by atoms with Crippen molar-refractivity contribution in [2.45, 2.75) is 65.0 Å². The molecular weight excluding hydrogens is 946 g/mol. The Balaban J connectivity index is 0.748. The number of benzene rings is 3. The van der Waals surface area contributed by atoms with Crippen molar-refractivity contribution in [1.82, 2.24) is 40.2 Å². The van der Waals surface area contributed by atoms with Gasteiger partial charge in [-0.1, -0.05) is 45.0 Å². The van der Waals surface area contributed by atoms with Crippen LogP contribution in [0.3, 0.4) is 0 Å². The molecule has 71 heavy (non-hydrogen) atoms. The molecular formula is C50H59F3N8O9S. The molecule has 7 rings (SSSR count). The molecule has 0 bridgehead atoms. The van der Waals surface area contributed by atoms with Crippen molar-refractivity contribution in [3.05, 3.63) is 101 Å². The van der Waals surface area contributed by atoms with E-state index in [1.165, 1.54) is 17.0 Å². The average Bonchev–Trinajstić information content (AvgIpc) is 4.12. The van der Waals surface area contributed by atoms with Crippen molar-refractivity contribution in [3.63, 3.8) is 0 Å². The molecule has 3 aromatic heterocycles. The van der Waals surface area contributed by atoms with Crippen molar-refractivity contribution < 1.29 is 56.4 Å². The van der Waals surface area contributed by atoms with Crippen LogP contribution < -0.4 is 16.0 Å². The molecule has 1 aliphatic heterocycles. The third kappa shape index (κ3) is 13.4. The van der Waals surface area contributed by atoms with Gasteiger partial charge in [-0.3, -0.25) is 28.4 Å². The standard InChI is InChI=1S/C50H59F3N8O9S/c1-31-43(71-30-56-31)33-8-6-32(7-9-33)26-55-47(65)41-25-37(62)27-60(41)48(66)44(49(2,3)4)57-42(63)29-70-23-22-69-21-20-68-19-18-67-17-16-54-46(64)34-10-15-40-38(24-34)39-28-59(5)58-45(39)61(40)36-13-11-35(12-14-36)50(51,52)53/h6-15,24,28,30,37,41,44,62H,16-23,25-27,29H2,1-5H3,(H,54,64)(H,55,65)(H,57,63)/t37-,41+,44-/m1/s1. The molecule has 3 aromatic carbocycles. The van der Waals surface area contributed by atoms with E-state index >= 15 is 0 Å². The van der Waals surface area contributed by atoms with Crippen molar-refractivity contribution in [2.75, 3.05) is 65.9 Å². The molecule has 0 saturated carbocycles. The highest BCUT2D eigenvalue weighted by Crippen LogP contribution is 2.35. The van der Waals surface area contributed by atoms with E-state index in [1.807, 2.05) is 52.0 Å². The number of likely N-dealkylation sites (tertiary alicyclic amines) is 1. The number of aliphatic hydroxyl groups excluding tert-OH is 1. The second-order valence-corrected chi connectivity index (χ2v) is 19.1. The summed E-state index contributed by atoms with van der Waals surface area (Å²) in [7, 11) is 1.75. The van der Waals surface area contributed by atoms with Gasteiger partial charge in [0.15, 0.2) is 5.65 Å². The summed E-state index contributed by atoms with van der Waals surface area (Å²) in [5, 5.41) is 25.0. The van der Waals surface area contributed by atoms with E-state index in [9.17, 15) is 37.5 Å². The number of carbonyl (C=O) groups is 4. The molecule has 4 heterocycles. The number of aromatic nitrogens is 4. The number of fused-ring (bicyclic) bond motifs is 3. The van der Waals surface area contributed by atoms with Gasteiger partial charge in [0, 0.05) is 61.3 Å². The van der Waals surface area contributed by atoms with Gasteiger partial charge in [-0.15, -0.1) is 11.3 Å². The van der Waals surface area contributed by atoms with Gasteiger partial charge in [0.1, 0.15) is 18.7 Å². The molecule has 0 radical (unpaired) electrons. The van der Waals surface area contributed by atoms with Gasteiger partial charge in [-0.25, -0.2) is 4.98 Å². The first-order chi connectivity index (χ1) is 33.9. The molecule has 3 atom stereocenters. The summed E-state index contributed by atoms with van der Waals surface area (Å²) < 4.78 is 65.2. The molecule has 4 N–H and O–H groups in total. The van der Waals surface area contributed by atoms with Gasteiger partial charge in [0.2, 0.25) is 17.7 Å². The number of nitrogens with zero attached hydrogens (tertiary/aromatic N) is 5. The average molecular weight is 1010 g/mol. The van der Waals surface area contributed by atoms with E-state index in [4.69, 9.17) is 18.9 Å². The van der Waals surface area contributed by atoms with E-state index in [2.05, 4.69) is 26.0 Å². The fourth-order valence-electron chi connectivity index (χ4n) is 8.24. The molecule has 380 valence electrons. The summed E-state index contributed by atoms with van der Waals surface area (Å²) in [5.74, 6) is -1.69. The van der Waals surface area contributed by atoms with Crippen LogP contribution in [0.4, 0.5) is 13.2 Å². The summed E-state index contributed by atoms with van der Waals surface area (Å²) in [6, 6.07) is 15.9. The van der Waals surface area contributed by atoms with Crippen LogP contribution in [-0.2, 0) is 53.1 Å². The highest BCUT2D eigenvalue weighted by Gasteiger charge is 2.44. The normalized spacial score (nSPS) is 15.6. The van der Waals surface area contributed by atoms with Gasteiger partial charge in [0.05, 0.1) is 79.5 Å². The predicted molar refractivity (Wildman–Crippen MR) is 260 cm³/mol. The minimum Gasteiger partial charge on any atom is -0.391 e. The topological polar surface area (TPSA) is 200 Å². The van der Waals surface area contributed by atoms with Crippen LogP contribution in [0, 0.1) is 12.3 Å². The largest absolute Gasteiger partial charge is 0.416 e. The lowest BCUT2D eigenvalue weighted by molar-refractivity contribution is -0.144. The zero-order chi connectivity index (χ0) is 50.9. The Bertz CT molecular complexity index is 2790. The van der Waals surface area contributed by atoms with Gasteiger partial charge < -0.3 is 44.9 Å². The lowest BCUT2D eigenvalue weighted by Gasteiger charge is -2.35. The predicted octanol–water partition coefficient (Wildman–Crippen LogP) is 5.57. The fraction of sp³-hybridized carbons (Fsp3) is 0.440. The van der Waals surface area contributed by atoms with Crippen molar-refractivity contribution in [3.8, 4) is 16.1 Å². The molecule has 1 aliphatic rings. The Morgan fingerprint density at radius 1 is 0.859 bits per heavy atom. The number of aryl methyl sites for hydroxylation is 2. The lowest BCUT2D eigenvalue weighted by atomic mass is 9.85. The summed E-state index contributed by atoms with van der Waals surface area (Å²) in [6.07, 6.45) is -3.47. The zero-order valence-electron chi connectivity index (χ0n) is 40.2. The van der Waals surface area contributed by atoms with Crippen molar-refractivity contribution in [2.24, 2.45) is 12.5 Å². The zero-order valence-corrected chi connectivity index (χ0v) is 41.0. The maximum absolute atomic E-state index is 13.9. The first-order valence-electron chi connectivity index (χ1n) is 23.2. The minimum absolute atomic E-state index is 0.0381. The molecule has 0 unspecified atom stereocenters. The van der Waals surface area contributed by atoms with Gasteiger partial charge in [0.25, 0.3) is 5.91 Å². The number of hydrogen-bond donors (Lipinski definition) is 4. The van der Waals surface area contributed by atoms with Gasteiger partial charge in [-0.2, -0.15) is 18.3 Å². The SMILES string of the molecule is Cc1ncsc1-c1ccc(CNC(=O)[C@@H]2C[C@@H](O)CN2C(=O)[C@@H](NC(=O)COCCOCCOCCOCCNC(=O)c2ccc3c(c2)c2cn(C)nc2n3-c2ccc(C(F)(F)F)cc2)C(C)(C)C)cc1. The third-order valence-electron chi connectivity index (χ3n) is 11.9. The molecule has 0 aliphatic carbocycles. The summed E-state index contributed by atoms with van der Waals surface area (Å²) >= 11 is 1.56. The number of halogens is 3. The Kier molecular flexibility index (Phi) is 17.3. The number of rotatable bonds is 22. The van der Waals surface area contributed by atoms with Crippen molar-refractivity contribution in [1.29, 1.82) is 0 Å². The number of nitrogens with one attached hydrogen (secondary N) is 3. The molecule has 21 heteroatoms. The highest BCUT2D eigenvalue weighted by molar-refractivity contribution is 7.13. The molecule has 0 spiro atoms. The van der Waals surface area contributed by atoms with E-state index < -0.39 is 53.1 Å². The minimum atomic E-state index is -4.46. The molecule has 6 aromatic rings. The fourth-order valence-corrected chi connectivity index (χ4v) is 9.05. The van der Waals surface area contributed by atoms with Crippen LogP contribution in [0.15, 0.2) is 78.4 Å². The van der Waals surface area contributed by atoms with Crippen LogP contribution in [0.1, 0.15) is 54.4 Å². The Morgan fingerprint density at radius 2 is 1.52 bits per heavy atom. The summed E-state index contributed by atoms with van der Waals surface area (Å²) in [5.41, 5.74) is 5.34. The monoisotopic (exact) mass is 1000 g/mol. The van der Waals surface area contributed by atoms with Gasteiger partial charge in [-0.05, 0) is 65.9 Å². The van der Waals surface area contributed by atoms with E-state index in [1.54, 1.807) is 57.5 Å². The Hall–Kier alpha value is -6.23. The molecule has 1 fully saturated rings. The van der Waals surface area contributed by atoms with Crippen LogP contribution in [0.2, 0.25) is 0 Å². The quantitative estimate of drug-likeness (QED) is 0.0620. The van der Waals surface area contributed by atoms with E-state index in [0.717, 1.165) is 44.6 Å². The number of alkyl halides is 3. The summed E-state index contributed by atoms with van der Waals surface area (Å²) in [4.78, 5) is 60.1. The number of thiazole rings is 1. The van der Waals surface area contributed by atoms with E-state index in [0.29, 0.717) is 29.0 Å². The van der Waals surface area contributed by atoms with Crippen LogP contribution >= 0.6 is 11.3 Å². The number of aliphatic hydroxyl groups is 1. The van der Waals surface area contributed by atoms with Crippen molar-refractivity contribution >= 4 is 56.9 Å². The number of β-amino-alcohol motifs (C(OH)–C–C–N with tert-alkyl or cyclic N) is 1. The van der Waals surface area contributed by atoms with E-state index in [-0.39, 0.29) is 78.2 Å². The molecule has 4 amide bonds. The summed E-state index contributed by atoms with van der Waals surface area (Å²) in [6.45, 7) is 9.18. The first-order valence-corrected chi connectivity index (χ1v) is 24.1. The lowest BCUT2D eigenvalue weighted by Crippen LogP contribution is -2.58. The van der Waals surface area contributed by atoms with Crippen LogP contribution in [0.25, 0.3) is 38.1 Å². The second-order valence-electron chi connectivity index (χ2n) is 18.2. The second kappa shape index (κ2) is 23.3. The third-order valence-corrected chi connectivity index (χ3v) is 12.8. The molecule has 17 nitrogen and oxygen atoms in total. The number of carbonyl (C=O) groups excluding carboxylic acids is 4.